The van der Waals surface area contributed by atoms with Crippen LogP contribution in [0.15, 0.2) is 54.7 Å². The number of benzene rings is 2. The van der Waals surface area contributed by atoms with Gasteiger partial charge in [-0.05, 0) is 17.7 Å². The number of rotatable bonds is 7. The molecule has 0 saturated heterocycles. The monoisotopic (exact) mass is 420 g/mol. The summed E-state index contributed by atoms with van der Waals surface area (Å²) in [5.74, 6) is 1.06. The zero-order valence-corrected chi connectivity index (χ0v) is 17.5. The van der Waals surface area contributed by atoms with E-state index in [2.05, 4.69) is 10.3 Å². The standard InChI is InChI=1S/C23H24N4O4/c1-30-18-9-8-17(20(12-18)31-2)13-24-22(28)19-15-26-10-11-27(23(29)21(26)25-19)14-16-6-4-3-5-7-16/h3-9,12,15H,10-11,13-14H2,1-2H3,(H,24,28). The van der Waals surface area contributed by atoms with Crippen LogP contribution in [0.25, 0.3) is 0 Å². The highest BCUT2D eigenvalue weighted by Gasteiger charge is 2.28. The van der Waals surface area contributed by atoms with Crippen molar-refractivity contribution in [1.29, 1.82) is 0 Å². The Kier molecular flexibility index (Phi) is 5.88. The summed E-state index contributed by atoms with van der Waals surface area (Å²) in [6.07, 6.45) is 1.63. The number of carbonyl (C=O) groups excluding carboxylic acids is 2. The molecule has 2 heterocycles. The number of aromatic nitrogens is 2. The van der Waals surface area contributed by atoms with Crippen LogP contribution in [-0.4, -0.2) is 47.0 Å². The van der Waals surface area contributed by atoms with Crippen LogP contribution in [0, 0.1) is 0 Å². The van der Waals surface area contributed by atoms with Gasteiger partial charge in [-0.25, -0.2) is 4.98 Å². The van der Waals surface area contributed by atoms with Crippen LogP contribution >= 0.6 is 0 Å². The molecule has 2 amide bonds. The highest BCUT2D eigenvalue weighted by atomic mass is 16.5. The zero-order chi connectivity index (χ0) is 21.8. The fourth-order valence-corrected chi connectivity index (χ4v) is 3.56. The summed E-state index contributed by atoms with van der Waals surface area (Å²) in [6, 6.07) is 15.2. The van der Waals surface area contributed by atoms with Crippen molar-refractivity contribution in [2.45, 2.75) is 19.6 Å². The molecule has 3 aromatic rings. The molecule has 0 fully saturated rings. The number of nitrogens with zero attached hydrogens (tertiary/aromatic N) is 3. The zero-order valence-electron chi connectivity index (χ0n) is 17.5. The second-order valence-electron chi connectivity index (χ2n) is 7.22. The molecule has 0 saturated carbocycles. The van der Waals surface area contributed by atoms with Gasteiger partial charge in [0.1, 0.15) is 17.2 Å². The van der Waals surface area contributed by atoms with Gasteiger partial charge in [-0.2, -0.15) is 0 Å². The van der Waals surface area contributed by atoms with Crippen LogP contribution < -0.4 is 14.8 Å². The Labute approximate surface area is 180 Å². The van der Waals surface area contributed by atoms with Crippen molar-refractivity contribution >= 4 is 11.8 Å². The van der Waals surface area contributed by atoms with Gasteiger partial charge in [-0.1, -0.05) is 30.3 Å². The van der Waals surface area contributed by atoms with Crippen molar-refractivity contribution in [2.75, 3.05) is 20.8 Å². The van der Waals surface area contributed by atoms with E-state index in [0.717, 1.165) is 11.1 Å². The molecule has 31 heavy (non-hydrogen) atoms. The lowest BCUT2D eigenvalue weighted by Gasteiger charge is -2.27. The average molecular weight is 420 g/mol. The van der Waals surface area contributed by atoms with Crippen molar-refractivity contribution in [2.24, 2.45) is 0 Å². The van der Waals surface area contributed by atoms with Crippen molar-refractivity contribution in [3.63, 3.8) is 0 Å². The van der Waals surface area contributed by atoms with Crippen LogP contribution in [0.1, 0.15) is 32.2 Å². The third kappa shape index (κ3) is 4.37. The molecule has 8 heteroatoms. The van der Waals surface area contributed by atoms with Gasteiger partial charge in [0.25, 0.3) is 11.8 Å². The molecule has 4 rings (SSSR count). The van der Waals surface area contributed by atoms with Gasteiger partial charge in [-0.3, -0.25) is 9.59 Å². The Morgan fingerprint density at radius 1 is 1.10 bits per heavy atom. The summed E-state index contributed by atoms with van der Waals surface area (Å²) in [5, 5.41) is 2.84. The average Bonchev–Trinajstić information content (AvgIpc) is 3.25. The molecule has 160 valence electrons. The first-order valence-electron chi connectivity index (χ1n) is 9.98. The third-order valence-electron chi connectivity index (χ3n) is 5.25. The highest BCUT2D eigenvalue weighted by Crippen LogP contribution is 2.24. The van der Waals surface area contributed by atoms with E-state index in [1.165, 1.54) is 0 Å². The summed E-state index contributed by atoms with van der Waals surface area (Å²) in [5.41, 5.74) is 2.09. The number of ether oxygens (including phenoxy) is 2. The van der Waals surface area contributed by atoms with E-state index >= 15 is 0 Å². The summed E-state index contributed by atoms with van der Waals surface area (Å²) in [4.78, 5) is 31.6. The Morgan fingerprint density at radius 2 is 1.90 bits per heavy atom. The summed E-state index contributed by atoms with van der Waals surface area (Å²) in [6.45, 7) is 1.95. The van der Waals surface area contributed by atoms with E-state index in [0.29, 0.717) is 31.1 Å². The van der Waals surface area contributed by atoms with Crippen LogP contribution in [0.2, 0.25) is 0 Å². The molecule has 0 unspecified atom stereocenters. The second-order valence-corrected chi connectivity index (χ2v) is 7.22. The number of hydrogen-bond donors (Lipinski definition) is 1. The van der Waals surface area contributed by atoms with E-state index in [9.17, 15) is 9.59 Å². The predicted octanol–water partition coefficient (Wildman–Crippen LogP) is 2.49. The van der Waals surface area contributed by atoms with E-state index < -0.39 is 0 Å². The molecule has 2 aromatic carbocycles. The quantitative estimate of drug-likeness (QED) is 0.635. The van der Waals surface area contributed by atoms with Gasteiger partial charge in [0, 0.05) is 44.0 Å². The van der Waals surface area contributed by atoms with Gasteiger partial charge in [-0.15, -0.1) is 0 Å². The minimum Gasteiger partial charge on any atom is -0.497 e. The number of methoxy groups -OCH3 is 2. The molecule has 0 radical (unpaired) electrons. The Hall–Kier alpha value is -3.81. The van der Waals surface area contributed by atoms with Gasteiger partial charge in [0.2, 0.25) is 0 Å². The number of nitrogens with one attached hydrogen (secondary N) is 1. The molecule has 1 aromatic heterocycles. The maximum absolute atomic E-state index is 12.9. The van der Waals surface area contributed by atoms with Gasteiger partial charge in [0.15, 0.2) is 5.82 Å². The van der Waals surface area contributed by atoms with Crippen molar-refractivity contribution in [3.05, 3.63) is 77.4 Å². The van der Waals surface area contributed by atoms with Crippen LogP contribution in [0.4, 0.5) is 0 Å². The minimum absolute atomic E-state index is 0.175. The molecule has 0 aliphatic carbocycles. The normalized spacial score (nSPS) is 13.0. The molecule has 1 aliphatic rings. The summed E-state index contributed by atoms with van der Waals surface area (Å²) in [7, 11) is 3.15. The largest absolute Gasteiger partial charge is 0.497 e. The van der Waals surface area contributed by atoms with Crippen molar-refractivity contribution < 1.29 is 19.1 Å². The third-order valence-corrected chi connectivity index (χ3v) is 5.25. The predicted molar refractivity (Wildman–Crippen MR) is 114 cm³/mol. The summed E-state index contributed by atoms with van der Waals surface area (Å²) < 4.78 is 12.3. The first-order valence-corrected chi connectivity index (χ1v) is 9.98. The van der Waals surface area contributed by atoms with Crippen LogP contribution in [-0.2, 0) is 19.6 Å². The van der Waals surface area contributed by atoms with Crippen LogP contribution in [0.3, 0.4) is 0 Å². The van der Waals surface area contributed by atoms with E-state index in [1.54, 1.807) is 42.0 Å². The molecular formula is C23H24N4O4. The van der Waals surface area contributed by atoms with Crippen molar-refractivity contribution in [1.82, 2.24) is 19.8 Å². The topological polar surface area (TPSA) is 85.7 Å². The maximum Gasteiger partial charge on any atom is 0.290 e. The Bertz CT molecular complexity index is 1090. The smallest absolute Gasteiger partial charge is 0.290 e. The lowest BCUT2D eigenvalue weighted by atomic mass is 10.2. The first kappa shape index (κ1) is 20.5. The number of carbonyl (C=O) groups is 2. The SMILES string of the molecule is COc1ccc(CNC(=O)c2cn3c(n2)C(=O)N(Cc2ccccc2)CC3)c(OC)c1. The van der Waals surface area contributed by atoms with Crippen molar-refractivity contribution in [3.8, 4) is 11.5 Å². The highest BCUT2D eigenvalue weighted by molar-refractivity contribution is 5.96. The molecule has 1 N–H and O–H groups in total. The Balaban J connectivity index is 1.43. The van der Waals surface area contributed by atoms with E-state index in [-0.39, 0.29) is 29.9 Å². The number of fused-ring (bicyclic) bond motifs is 1. The lowest BCUT2D eigenvalue weighted by Crippen LogP contribution is -2.39. The molecule has 1 aliphatic heterocycles. The fraction of sp³-hybridized carbons (Fsp3) is 0.261. The minimum atomic E-state index is -0.345. The Morgan fingerprint density at radius 3 is 2.65 bits per heavy atom. The molecule has 0 bridgehead atoms. The lowest BCUT2D eigenvalue weighted by molar-refractivity contribution is 0.0683. The molecule has 8 nitrogen and oxygen atoms in total. The molecular weight excluding hydrogens is 396 g/mol. The van der Waals surface area contributed by atoms with Gasteiger partial charge in [0.05, 0.1) is 14.2 Å². The van der Waals surface area contributed by atoms with Crippen LogP contribution in [0.5, 0.6) is 11.5 Å². The van der Waals surface area contributed by atoms with Gasteiger partial charge < -0.3 is 24.3 Å². The number of imidazole rings is 1. The fourth-order valence-electron chi connectivity index (χ4n) is 3.56. The number of amides is 2. The van der Waals surface area contributed by atoms with E-state index in [4.69, 9.17) is 9.47 Å². The number of hydrogen-bond acceptors (Lipinski definition) is 5. The molecule has 0 atom stereocenters. The van der Waals surface area contributed by atoms with Gasteiger partial charge >= 0.3 is 0 Å². The maximum atomic E-state index is 12.9. The van der Waals surface area contributed by atoms with E-state index in [1.807, 2.05) is 36.4 Å². The summed E-state index contributed by atoms with van der Waals surface area (Å²) >= 11 is 0. The second kappa shape index (κ2) is 8.91. The molecule has 0 spiro atoms. The first-order chi connectivity index (χ1) is 15.1.